The minimum absolute atomic E-state index is 0.122. The third-order valence-electron chi connectivity index (χ3n) is 5.30. The Morgan fingerprint density at radius 3 is 2.53 bits per heavy atom. The third kappa shape index (κ3) is 5.80. The van der Waals surface area contributed by atoms with Crippen molar-refractivity contribution in [2.45, 2.75) is 45.4 Å². The summed E-state index contributed by atoms with van der Waals surface area (Å²) >= 11 is 1.36. The molecule has 1 N–H and O–H groups in total. The molecule has 160 valence electrons. The van der Waals surface area contributed by atoms with E-state index in [2.05, 4.69) is 16.0 Å². The van der Waals surface area contributed by atoms with Crippen LogP contribution in [0.15, 0.2) is 24.3 Å². The van der Waals surface area contributed by atoms with Crippen LogP contribution in [0.2, 0.25) is 0 Å². The van der Waals surface area contributed by atoms with Crippen molar-refractivity contribution in [3.63, 3.8) is 0 Å². The molecule has 2 aromatic rings. The molecule has 0 radical (unpaired) electrons. The number of sulfonamides is 1. The first-order valence-corrected chi connectivity index (χ1v) is 12.7. The van der Waals surface area contributed by atoms with E-state index in [9.17, 15) is 13.2 Å². The molecule has 3 rings (SSSR count). The number of amides is 1. The summed E-state index contributed by atoms with van der Waals surface area (Å²) in [4.78, 5) is 19.5. The molecule has 0 bridgehead atoms. The maximum absolute atomic E-state index is 12.3. The Labute approximate surface area is 181 Å². The van der Waals surface area contributed by atoms with E-state index in [1.807, 2.05) is 16.9 Å². The van der Waals surface area contributed by atoms with Crippen LogP contribution in [-0.4, -0.2) is 32.1 Å². The van der Waals surface area contributed by atoms with Crippen LogP contribution < -0.4 is 9.62 Å². The van der Waals surface area contributed by atoms with E-state index in [0.29, 0.717) is 21.5 Å². The zero-order chi connectivity index (χ0) is 21.7. The fraction of sp³-hybridized carbons (Fsp3) is 0.476. The number of rotatable bonds is 7. The van der Waals surface area contributed by atoms with Crippen molar-refractivity contribution in [2.75, 3.05) is 17.7 Å². The van der Waals surface area contributed by atoms with E-state index in [4.69, 9.17) is 5.26 Å². The summed E-state index contributed by atoms with van der Waals surface area (Å²) in [6.45, 7) is 2.51. The molecule has 0 spiro atoms. The van der Waals surface area contributed by atoms with Crippen molar-refractivity contribution in [2.24, 2.45) is 5.92 Å². The minimum atomic E-state index is -3.66. The number of nitrogens with one attached hydrogen (secondary N) is 1. The van der Waals surface area contributed by atoms with Gasteiger partial charge in [0.1, 0.15) is 5.69 Å². The summed E-state index contributed by atoms with van der Waals surface area (Å²) in [6.07, 6.45) is 8.28. The molecule has 1 fully saturated rings. The highest BCUT2D eigenvalue weighted by Crippen LogP contribution is 2.34. The molecule has 30 heavy (non-hydrogen) atoms. The fourth-order valence-corrected chi connectivity index (χ4v) is 5.15. The average molecular weight is 447 g/mol. The Morgan fingerprint density at radius 2 is 1.93 bits per heavy atom. The van der Waals surface area contributed by atoms with Crippen LogP contribution >= 0.6 is 11.3 Å². The number of thiazole rings is 1. The number of carbonyl (C=O) groups is 1. The zero-order valence-electron chi connectivity index (χ0n) is 17.2. The van der Waals surface area contributed by atoms with Gasteiger partial charge in [-0.15, -0.1) is 11.3 Å². The van der Waals surface area contributed by atoms with Crippen molar-refractivity contribution in [1.82, 2.24) is 9.71 Å². The smallest absolute Gasteiger partial charge is 0.284 e. The summed E-state index contributed by atoms with van der Waals surface area (Å²) < 4.78 is 24.9. The fourth-order valence-electron chi connectivity index (χ4n) is 3.76. The van der Waals surface area contributed by atoms with Crippen molar-refractivity contribution in [3.8, 4) is 6.07 Å². The molecular weight excluding hydrogens is 420 g/mol. The largest absolute Gasteiger partial charge is 0.318 e. The van der Waals surface area contributed by atoms with Gasteiger partial charge in [0, 0.05) is 17.1 Å². The van der Waals surface area contributed by atoms with Gasteiger partial charge in [0.2, 0.25) is 10.0 Å². The minimum Gasteiger partial charge on any atom is -0.318 e. The van der Waals surface area contributed by atoms with Gasteiger partial charge in [-0.25, -0.2) is 18.1 Å². The van der Waals surface area contributed by atoms with Gasteiger partial charge in [-0.3, -0.25) is 4.79 Å². The lowest BCUT2D eigenvalue weighted by Gasteiger charge is -2.27. The van der Waals surface area contributed by atoms with E-state index in [1.165, 1.54) is 43.4 Å². The Balaban J connectivity index is 1.87. The number of aromatic nitrogens is 1. The number of nitriles is 1. The van der Waals surface area contributed by atoms with Crippen LogP contribution in [0.5, 0.6) is 0 Å². The molecule has 1 heterocycles. The van der Waals surface area contributed by atoms with Crippen LogP contribution in [0.1, 0.15) is 59.5 Å². The standard InChI is InChI=1S/C21H26N4O3S2/c1-15-19(20(26)24-30(2,27)28)23-21(29-15)25(13-12-16-6-4-3-5-7-16)18-10-8-17(14-22)9-11-18/h8-11,16H,3-7,12-13H2,1-2H3,(H,24,26). The zero-order valence-corrected chi connectivity index (χ0v) is 18.9. The second-order valence-electron chi connectivity index (χ2n) is 7.71. The first-order chi connectivity index (χ1) is 14.3. The third-order valence-corrected chi connectivity index (χ3v) is 6.85. The Hall–Kier alpha value is -2.44. The van der Waals surface area contributed by atoms with Gasteiger partial charge in [0.25, 0.3) is 5.91 Å². The van der Waals surface area contributed by atoms with Gasteiger partial charge in [0.05, 0.1) is 17.9 Å². The van der Waals surface area contributed by atoms with Crippen LogP contribution in [0.25, 0.3) is 0 Å². The lowest BCUT2D eigenvalue weighted by atomic mass is 9.87. The van der Waals surface area contributed by atoms with E-state index in [0.717, 1.165) is 24.9 Å². The summed E-state index contributed by atoms with van der Waals surface area (Å²) in [5.74, 6) is -0.0433. The van der Waals surface area contributed by atoms with Gasteiger partial charge in [-0.05, 0) is 43.5 Å². The highest BCUT2D eigenvalue weighted by atomic mass is 32.2. The van der Waals surface area contributed by atoms with Gasteiger partial charge in [-0.2, -0.15) is 5.26 Å². The number of hydrogen-bond acceptors (Lipinski definition) is 7. The molecule has 1 aliphatic rings. The molecule has 0 atom stereocenters. The topological polar surface area (TPSA) is 103 Å². The van der Waals surface area contributed by atoms with Crippen LogP contribution in [0, 0.1) is 24.2 Å². The molecule has 1 aromatic carbocycles. The van der Waals surface area contributed by atoms with Crippen LogP contribution in [0.4, 0.5) is 10.8 Å². The maximum Gasteiger partial charge on any atom is 0.284 e. The molecule has 1 saturated carbocycles. The summed E-state index contributed by atoms with van der Waals surface area (Å²) in [7, 11) is -3.66. The Bertz CT molecular complexity index is 1030. The van der Waals surface area contributed by atoms with Gasteiger partial charge in [0.15, 0.2) is 5.13 Å². The molecule has 7 nitrogen and oxygen atoms in total. The molecule has 1 aliphatic carbocycles. The second kappa shape index (κ2) is 9.58. The van der Waals surface area contributed by atoms with Crippen molar-refractivity contribution in [1.29, 1.82) is 5.26 Å². The number of nitrogens with zero attached hydrogens (tertiary/aromatic N) is 3. The summed E-state index contributed by atoms with van der Waals surface area (Å²) in [6, 6.07) is 9.42. The van der Waals surface area contributed by atoms with Gasteiger partial charge >= 0.3 is 0 Å². The van der Waals surface area contributed by atoms with Crippen LogP contribution in [0.3, 0.4) is 0 Å². The number of aryl methyl sites for hydroxylation is 1. The molecule has 1 aromatic heterocycles. The normalized spacial score (nSPS) is 14.8. The number of benzene rings is 1. The van der Waals surface area contributed by atoms with E-state index in [-0.39, 0.29) is 5.69 Å². The summed E-state index contributed by atoms with van der Waals surface area (Å²) in [5.41, 5.74) is 1.60. The first kappa shape index (κ1) is 22.2. The molecule has 0 unspecified atom stereocenters. The SMILES string of the molecule is Cc1sc(N(CCC2CCCCC2)c2ccc(C#N)cc2)nc1C(=O)NS(C)(=O)=O. The summed E-state index contributed by atoms with van der Waals surface area (Å²) in [5, 5.41) is 9.73. The maximum atomic E-state index is 12.3. The van der Waals surface area contributed by atoms with E-state index in [1.54, 1.807) is 19.1 Å². The molecular formula is C21H26N4O3S2. The lowest BCUT2D eigenvalue weighted by molar-refractivity contribution is 0.0977. The van der Waals surface area contributed by atoms with Crippen molar-refractivity contribution >= 4 is 38.1 Å². The molecule has 0 saturated heterocycles. The predicted octanol–water partition coefficient (Wildman–Crippen LogP) is 4.12. The predicted molar refractivity (Wildman–Crippen MR) is 119 cm³/mol. The van der Waals surface area contributed by atoms with E-state index < -0.39 is 15.9 Å². The van der Waals surface area contributed by atoms with Crippen LogP contribution in [-0.2, 0) is 10.0 Å². The lowest BCUT2D eigenvalue weighted by Crippen LogP contribution is -2.30. The number of hydrogen-bond donors (Lipinski definition) is 1. The average Bonchev–Trinajstić information content (AvgIpc) is 3.10. The molecule has 0 aliphatic heterocycles. The molecule has 1 amide bonds. The highest BCUT2D eigenvalue weighted by molar-refractivity contribution is 7.89. The van der Waals surface area contributed by atoms with Crippen molar-refractivity contribution < 1.29 is 13.2 Å². The van der Waals surface area contributed by atoms with E-state index >= 15 is 0 Å². The highest BCUT2D eigenvalue weighted by Gasteiger charge is 2.23. The Kier molecular flexibility index (Phi) is 7.10. The van der Waals surface area contributed by atoms with Gasteiger partial charge < -0.3 is 4.90 Å². The first-order valence-electron chi connectivity index (χ1n) is 10.0. The monoisotopic (exact) mass is 446 g/mol. The Morgan fingerprint density at radius 1 is 1.27 bits per heavy atom. The second-order valence-corrected chi connectivity index (χ2v) is 10.6. The quantitative estimate of drug-likeness (QED) is 0.686. The van der Waals surface area contributed by atoms with Gasteiger partial charge in [-0.1, -0.05) is 32.1 Å². The number of carbonyl (C=O) groups excluding carboxylic acids is 1. The number of anilines is 2. The van der Waals surface area contributed by atoms with Crippen molar-refractivity contribution in [3.05, 3.63) is 40.4 Å². The molecule has 9 heteroatoms.